The SMILES string of the molecule is COc1ccc(-c2ccc(NCCc3ccncc3)nc2)cc1. The Hall–Kier alpha value is -2.88. The van der Waals surface area contributed by atoms with Crippen LogP contribution in [0.4, 0.5) is 5.82 Å². The van der Waals surface area contributed by atoms with Gasteiger partial charge in [-0.05, 0) is 53.9 Å². The summed E-state index contributed by atoms with van der Waals surface area (Å²) >= 11 is 0. The summed E-state index contributed by atoms with van der Waals surface area (Å²) in [5.41, 5.74) is 3.48. The Morgan fingerprint density at radius 3 is 2.30 bits per heavy atom. The minimum atomic E-state index is 0.846. The van der Waals surface area contributed by atoms with Crippen LogP contribution in [0.2, 0.25) is 0 Å². The van der Waals surface area contributed by atoms with Gasteiger partial charge in [0.05, 0.1) is 7.11 Å². The third-order valence-electron chi connectivity index (χ3n) is 3.66. The maximum atomic E-state index is 5.18. The molecular formula is C19H19N3O. The molecule has 0 radical (unpaired) electrons. The van der Waals surface area contributed by atoms with E-state index in [1.807, 2.05) is 61.1 Å². The molecule has 3 aromatic rings. The van der Waals surface area contributed by atoms with Gasteiger partial charge >= 0.3 is 0 Å². The second-order valence-corrected chi connectivity index (χ2v) is 5.19. The highest BCUT2D eigenvalue weighted by Gasteiger charge is 2.00. The van der Waals surface area contributed by atoms with Gasteiger partial charge in [0.15, 0.2) is 0 Å². The van der Waals surface area contributed by atoms with E-state index >= 15 is 0 Å². The lowest BCUT2D eigenvalue weighted by atomic mass is 10.1. The first kappa shape index (κ1) is 15.0. The van der Waals surface area contributed by atoms with E-state index in [-0.39, 0.29) is 0 Å². The molecule has 0 aliphatic heterocycles. The fourth-order valence-electron chi connectivity index (χ4n) is 2.34. The summed E-state index contributed by atoms with van der Waals surface area (Å²) in [4.78, 5) is 8.49. The normalized spacial score (nSPS) is 10.3. The fourth-order valence-corrected chi connectivity index (χ4v) is 2.34. The van der Waals surface area contributed by atoms with E-state index in [0.717, 1.165) is 35.7 Å². The van der Waals surface area contributed by atoms with Crippen LogP contribution in [-0.4, -0.2) is 23.6 Å². The minimum absolute atomic E-state index is 0.846. The number of rotatable bonds is 6. The van der Waals surface area contributed by atoms with Gasteiger partial charge in [0, 0.05) is 30.7 Å². The Bertz CT molecular complexity index is 725. The maximum Gasteiger partial charge on any atom is 0.125 e. The van der Waals surface area contributed by atoms with Gasteiger partial charge in [0.25, 0.3) is 0 Å². The van der Waals surface area contributed by atoms with E-state index in [2.05, 4.69) is 21.4 Å². The number of pyridine rings is 2. The molecule has 4 nitrogen and oxygen atoms in total. The van der Waals surface area contributed by atoms with Crippen LogP contribution < -0.4 is 10.1 Å². The molecule has 23 heavy (non-hydrogen) atoms. The van der Waals surface area contributed by atoms with Gasteiger partial charge in [-0.1, -0.05) is 12.1 Å². The zero-order valence-corrected chi connectivity index (χ0v) is 13.1. The van der Waals surface area contributed by atoms with Crippen molar-refractivity contribution in [1.29, 1.82) is 0 Å². The van der Waals surface area contributed by atoms with Crippen molar-refractivity contribution >= 4 is 5.82 Å². The summed E-state index contributed by atoms with van der Waals surface area (Å²) in [5, 5.41) is 3.34. The minimum Gasteiger partial charge on any atom is -0.497 e. The number of nitrogens with one attached hydrogen (secondary N) is 1. The van der Waals surface area contributed by atoms with Crippen LogP contribution in [0, 0.1) is 0 Å². The quantitative estimate of drug-likeness (QED) is 0.752. The molecule has 0 saturated heterocycles. The molecule has 0 atom stereocenters. The molecule has 2 heterocycles. The second-order valence-electron chi connectivity index (χ2n) is 5.19. The van der Waals surface area contributed by atoms with Crippen molar-refractivity contribution in [3.8, 4) is 16.9 Å². The van der Waals surface area contributed by atoms with Gasteiger partial charge < -0.3 is 10.1 Å². The topological polar surface area (TPSA) is 47.0 Å². The number of ether oxygens (including phenoxy) is 1. The van der Waals surface area contributed by atoms with Crippen molar-refractivity contribution in [2.75, 3.05) is 19.0 Å². The summed E-state index contributed by atoms with van der Waals surface area (Å²) in [7, 11) is 1.67. The zero-order valence-electron chi connectivity index (χ0n) is 13.1. The van der Waals surface area contributed by atoms with Crippen LogP contribution in [-0.2, 0) is 6.42 Å². The smallest absolute Gasteiger partial charge is 0.125 e. The summed E-state index contributed by atoms with van der Waals surface area (Å²) < 4.78 is 5.18. The lowest BCUT2D eigenvalue weighted by molar-refractivity contribution is 0.415. The van der Waals surface area contributed by atoms with Crippen molar-refractivity contribution in [3.63, 3.8) is 0 Å². The number of nitrogens with zero attached hydrogens (tertiary/aromatic N) is 2. The third kappa shape index (κ3) is 4.07. The highest BCUT2D eigenvalue weighted by Crippen LogP contribution is 2.22. The Kier molecular flexibility index (Phi) is 4.84. The molecule has 116 valence electrons. The van der Waals surface area contributed by atoms with Crippen LogP contribution in [0.25, 0.3) is 11.1 Å². The van der Waals surface area contributed by atoms with E-state index in [4.69, 9.17) is 4.74 Å². The second kappa shape index (κ2) is 7.40. The van der Waals surface area contributed by atoms with Gasteiger partial charge in [-0.2, -0.15) is 0 Å². The van der Waals surface area contributed by atoms with Gasteiger partial charge in [-0.3, -0.25) is 4.98 Å². The van der Waals surface area contributed by atoms with E-state index in [1.165, 1.54) is 5.56 Å². The third-order valence-corrected chi connectivity index (χ3v) is 3.66. The lowest BCUT2D eigenvalue weighted by Crippen LogP contribution is -2.06. The molecule has 0 spiro atoms. The van der Waals surface area contributed by atoms with E-state index in [0.29, 0.717) is 0 Å². The predicted molar refractivity (Wildman–Crippen MR) is 92.7 cm³/mol. The van der Waals surface area contributed by atoms with Crippen LogP contribution in [0.5, 0.6) is 5.75 Å². The van der Waals surface area contributed by atoms with Crippen molar-refractivity contribution in [2.24, 2.45) is 0 Å². The summed E-state index contributed by atoms with van der Waals surface area (Å²) in [6.45, 7) is 0.846. The zero-order chi connectivity index (χ0) is 15.9. The first-order valence-corrected chi connectivity index (χ1v) is 7.58. The van der Waals surface area contributed by atoms with Crippen LogP contribution in [0.3, 0.4) is 0 Å². The number of aromatic nitrogens is 2. The molecule has 3 rings (SSSR count). The maximum absolute atomic E-state index is 5.18. The molecule has 0 aliphatic rings. The van der Waals surface area contributed by atoms with E-state index in [9.17, 15) is 0 Å². The molecule has 0 fully saturated rings. The number of hydrogen-bond donors (Lipinski definition) is 1. The molecule has 1 N–H and O–H groups in total. The average Bonchev–Trinajstić information content (AvgIpc) is 2.63. The van der Waals surface area contributed by atoms with E-state index in [1.54, 1.807) is 7.11 Å². The van der Waals surface area contributed by atoms with Gasteiger partial charge in [0.1, 0.15) is 11.6 Å². The van der Waals surface area contributed by atoms with E-state index < -0.39 is 0 Å². The van der Waals surface area contributed by atoms with Crippen molar-refractivity contribution < 1.29 is 4.74 Å². The average molecular weight is 305 g/mol. The molecule has 0 amide bonds. The molecule has 4 heteroatoms. The Morgan fingerprint density at radius 2 is 1.65 bits per heavy atom. The molecule has 1 aromatic carbocycles. The summed E-state index contributed by atoms with van der Waals surface area (Å²) in [5.74, 6) is 1.74. The largest absolute Gasteiger partial charge is 0.497 e. The van der Waals surface area contributed by atoms with Gasteiger partial charge in [0.2, 0.25) is 0 Å². The first-order valence-electron chi connectivity index (χ1n) is 7.58. The molecular weight excluding hydrogens is 286 g/mol. The molecule has 0 aliphatic carbocycles. The monoisotopic (exact) mass is 305 g/mol. The molecule has 2 aromatic heterocycles. The number of methoxy groups -OCH3 is 1. The summed E-state index contributed by atoms with van der Waals surface area (Å²) in [6, 6.07) is 16.1. The Balaban J connectivity index is 1.58. The number of anilines is 1. The molecule has 0 saturated carbocycles. The predicted octanol–water partition coefficient (Wildman–Crippen LogP) is 3.81. The Labute approximate surface area is 136 Å². The van der Waals surface area contributed by atoms with Crippen molar-refractivity contribution in [3.05, 3.63) is 72.7 Å². The summed E-state index contributed by atoms with van der Waals surface area (Å²) in [6.07, 6.45) is 6.47. The first-order chi connectivity index (χ1) is 11.3. The molecule has 0 unspecified atom stereocenters. The van der Waals surface area contributed by atoms with Crippen LogP contribution >= 0.6 is 0 Å². The Morgan fingerprint density at radius 1 is 0.913 bits per heavy atom. The van der Waals surface area contributed by atoms with Crippen LogP contribution in [0.15, 0.2) is 67.1 Å². The van der Waals surface area contributed by atoms with Crippen molar-refractivity contribution in [2.45, 2.75) is 6.42 Å². The number of hydrogen-bond acceptors (Lipinski definition) is 4. The van der Waals surface area contributed by atoms with Gasteiger partial charge in [-0.15, -0.1) is 0 Å². The van der Waals surface area contributed by atoms with Crippen molar-refractivity contribution in [1.82, 2.24) is 9.97 Å². The standard InChI is InChI=1S/C19H19N3O/c1-23-18-5-2-16(3-6-18)17-4-7-19(22-14-17)21-13-10-15-8-11-20-12-9-15/h2-9,11-12,14H,10,13H2,1H3,(H,21,22). The van der Waals surface area contributed by atoms with Crippen LogP contribution in [0.1, 0.15) is 5.56 Å². The number of benzene rings is 1. The lowest BCUT2D eigenvalue weighted by Gasteiger charge is -2.07. The highest BCUT2D eigenvalue weighted by atomic mass is 16.5. The highest BCUT2D eigenvalue weighted by molar-refractivity contribution is 5.64. The molecule has 0 bridgehead atoms. The fraction of sp³-hybridized carbons (Fsp3) is 0.158. The van der Waals surface area contributed by atoms with Gasteiger partial charge in [-0.25, -0.2) is 4.98 Å².